The van der Waals surface area contributed by atoms with Gasteiger partial charge in [0.05, 0.1) is 7.11 Å². The van der Waals surface area contributed by atoms with E-state index in [0.717, 1.165) is 25.8 Å². The Hall–Kier alpha value is -0.570. The monoisotopic (exact) mass is 199 g/mol. The van der Waals surface area contributed by atoms with Crippen LogP contribution in [0.3, 0.4) is 0 Å². The molecule has 0 radical (unpaired) electrons. The van der Waals surface area contributed by atoms with E-state index in [1.54, 1.807) is 0 Å². The summed E-state index contributed by atoms with van der Waals surface area (Å²) in [6.07, 6.45) is 4.40. The summed E-state index contributed by atoms with van der Waals surface area (Å²) in [5, 5.41) is 0. The van der Waals surface area contributed by atoms with Gasteiger partial charge in [0.1, 0.15) is 6.04 Å². The Balaban J connectivity index is 2.63. The third-order valence-electron chi connectivity index (χ3n) is 3.17. The first kappa shape index (κ1) is 11.5. The molecule has 0 spiro atoms. The minimum absolute atomic E-state index is 0.00343. The van der Waals surface area contributed by atoms with Gasteiger partial charge in [0.25, 0.3) is 0 Å². The first-order valence-electron chi connectivity index (χ1n) is 5.54. The fourth-order valence-corrected chi connectivity index (χ4v) is 2.11. The van der Waals surface area contributed by atoms with Crippen LogP contribution in [0, 0.1) is 0 Å². The standard InChI is InChI=1S/C11H21NO2/c1-4-9(2)12-8-6-5-7-10(12)11(13)14-3/h9-10H,4-8H2,1-3H3/t9?,10-/m1/s1. The number of esters is 1. The minimum Gasteiger partial charge on any atom is -0.468 e. The van der Waals surface area contributed by atoms with Gasteiger partial charge >= 0.3 is 5.97 Å². The van der Waals surface area contributed by atoms with E-state index in [1.807, 2.05) is 0 Å². The lowest BCUT2D eigenvalue weighted by Crippen LogP contribution is -2.49. The number of ether oxygens (including phenoxy) is 1. The molecule has 3 heteroatoms. The lowest BCUT2D eigenvalue weighted by Gasteiger charge is -2.37. The van der Waals surface area contributed by atoms with Crippen LogP contribution in [0.2, 0.25) is 0 Å². The van der Waals surface area contributed by atoms with Crippen LogP contribution < -0.4 is 0 Å². The molecule has 0 aromatic carbocycles. The van der Waals surface area contributed by atoms with E-state index in [4.69, 9.17) is 4.74 Å². The summed E-state index contributed by atoms with van der Waals surface area (Å²) < 4.78 is 4.83. The van der Waals surface area contributed by atoms with Gasteiger partial charge in [-0.05, 0) is 32.7 Å². The summed E-state index contributed by atoms with van der Waals surface area (Å²) in [4.78, 5) is 13.8. The molecule has 0 aromatic rings. The summed E-state index contributed by atoms with van der Waals surface area (Å²) in [5.74, 6) is -0.0648. The van der Waals surface area contributed by atoms with E-state index in [-0.39, 0.29) is 12.0 Å². The molecule has 0 aromatic heterocycles. The lowest BCUT2D eigenvalue weighted by molar-refractivity contribution is -0.149. The normalized spacial score (nSPS) is 25.8. The van der Waals surface area contributed by atoms with Crippen molar-refractivity contribution in [2.75, 3.05) is 13.7 Å². The van der Waals surface area contributed by atoms with Crippen LogP contribution in [0.25, 0.3) is 0 Å². The zero-order valence-corrected chi connectivity index (χ0v) is 9.45. The Morgan fingerprint density at radius 3 is 2.86 bits per heavy atom. The molecule has 0 amide bonds. The van der Waals surface area contributed by atoms with Gasteiger partial charge in [-0.1, -0.05) is 13.3 Å². The second kappa shape index (κ2) is 5.35. The lowest BCUT2D eigenvalue weighted by atomic mass is 9.99. The summed E-state index contributed by atoms with van der Waals surface area (Å²) in [5.41, 5.74) is 0. The summed E-state index contributed by atoms with van der Waals surface area (Å²) in [6, 6.07) is 0.489. The summed E-state index contributed by atoms with van der Waals surface area (Å²) in [7, 11) is 1.48. The van der Waals surface area contributed by atoms with Gasteiger partial charge in [0, 0.05) is 6.04 Å². The zero-order chi connectivity index (χ0) is 10.6. The fraction of sp³-hybridized carbons (Fsp3) is 0.909. The highest BCUT2D eigenvalue weighted by atomic mass is 16.5. The number of hydrogen-bond donors (Lipinski definition) is 0. The molecule has 1 fully saturated rings. The first-order valence-corrected chi connectivity index (χ1v) is 5.54. The minimum atomic E-state index is -0.0648. The molecule has 14 heavy (non-hydrogen) atoms. The second-order valence-corrected chi connectivity index (χ2v) is 4.03. The Morgan fingerprint density at radius 2 is 2.29 bits per heavy atom. The third kappa shape index (κ3) is 2.47. The molecule has 1 aliphatic rings. The molecule has 2 atom stereocenters. The molecule has 1 aliphatic heterocycles. The molecule has 0 saturated carbocycles. The number of methoxy groups -OCH3 is 1. The number of carbonyl (C=O) groups is 1. The highest BCUT2D eigenvalue weighted by Crippen LogP contribution is 2.21. The number of nitrogens with zero attached hydrogens (tertiary/aromatic N) is 1. The van der Waals surface area contributed by atoms with Crippen molar-refractivity contribution in [3.05, 3.63) is 0 Å². The van der Waals surface area contributed by atoms with E-state index < -0.39 is 0 Å². The molecular weight excluding hydrogens is 178 g/mol. The summed E-state index contributed by atoms with van der Waals surface area (Å²) in [6.45, 7) is 5.38. The van der Waals surface area contributed by atoms with Crippen molar-refractivity contribution in [2.45, 2.75) is 51.6 Å². The van der Waals surface area contributed by atoms with Crippen LogP contribution in [-0.2, 0) is 9.53 Å². The maximum absolute atomic E-state index is 11.5. The van der Waals surface area contributed by atoms with E-state index in [0.29, 0.717) is 6.04 Å². The maximum Gasteiger partial charge on any atom is 0.323 e. The fourth-order valence-electron chi connectivity index (χ4n) is 2.11. The average molecular weight is 199 g/mol. The number of carbonyl (C=O) groups excluding carboxylic acids is 1. The van der Waals surface area contributed by atoms with E-state index in [1.165, 1.54) is 13.5 Å². The third-order valence-corrected chi connectivity index (χ3v) is 3.17. The smallest absolute Gasteiger partial charge is 0.323 e. The average Bonchev–Trinajstić information content (AvgIpc) is 2.27. The van der Waals surface area contributed by atoms with Gasteiger partial charge in [-0.15, -0.1) is 0 Å². The van der Waals surface area contributed by atoms with Crippen LogP contribution in [0.4, 0.5) is 0 Å². The molecule has 0 N–H and O–H groups in total. The van der Waals surface area contributed by atoms with Gasteiger partial charge in [-0.2, -0.15) is 0 Å². The van der Waals surface area contributed by atoms with Crippen LogP contribution in [0.15, 0.2) is 0 Å². The van der Waals surface area contributed by atoms with Gasteiger partial charge < -0.3 is 4.74 Å². The van der Waals surface area contributed by atoms with Crippen molar-refractivity contribution in [3.63, 3.8) is 0 Å². The van der Waals surface area contributed by atoms with Gasteiger partial charge in [-0.25, -0.2) is 0 Å². The van der Waals surface area contributed by atoms with Crippen molar-refractivity contribution in [2.24, 2.45) is 0 Å². The Kier molecular flexibility index (Phi) is 4.39. The molecule has 1 heterocycles. The largest absolute Gasteiger partial charge is 0.468 e. The van der Waals surface area contributed by atoms with Gasteiger partial charge in [0.2, 0.25) is 0 Å². The Morgan fingerprint density at radius 1 is 1.57 bits per heavy atom. The van der Waals surface area contributed by atoms with Crippen LogP contribution in [0.1, 0.15) is 39.5 Å². The molecule has 0 bridgehead atoms. The van der Waals surface area contributed by atoms with Crippen molar-refractivity contribution in [1.29, 1.82) is 0 Å². The molecule has 1 saturated heterocycles. The van der Waals surface area contributed by atoms with Crippen LogP contribution >= 0.6 is 0 Å². The molecule has 3 nitrogen and oxygen atoms in total. The highest BCUT2D eigenvalue weighted by Gasteiger charge is 2.31. The van der Waals surface area contributed by atoms with Gasteiger partial charge in [0.15, 0.2) is 0 Å². The number of hydrogen-bond acceptors (Lipinski definition) is 3. The predicted molar refractivity (Wildman–Crippen MR) is 56.1 cm³/mol. The molecular formula is C11H21NO2. The van der Waals surface area contributed by atoms with Crippen LogP contribution in [0.5, 0.6) is 0 Å². The highest BCUT2D eigenvalue weighted by molar-refractivity contribution is 5.75. The summed E-state index contributed by atoms with van der Waals surface area (Å²) >= 11 is 0. The van der Waals surface area contributed by atoms with Crippen molar-refractivity contribution in [1.82, 2.24) is 4.90 Å². The quantitative estimate of drug-likeness (QED) is 0.649. The topological polar surface area (TPSA) is 29.5 Å². The van der Waals surface area contributed by atoms with E-state index in [9.17, 15) is 4.79 Å². The molecule has 1 unspecified atom stereocenters. The Bertz CT molecular complexity index is 194. The first-order chi connectivity index (χ1) is 6.70. The number of rotatable bonds is 3. The van der Waals surface area contributed by atoms with E-state index in [2.05, 4.69) is 18.7 Å². The second-order valence-electron chi connectivity index (χ2n) is 4.03. The Labute approximate surface area is 86.4 Å². The van der Waals surface area contributed by atoms with E-state index >= 15 is 0 Å². The SMILES string of the molecule is CCC(C)N1CCCC[C@@H]1C(=O)OC. The van der Waals surface area contributed by atoms with Crippen LogP contribution in [-0.4, -0.2) is 36.6 Å². The number of likely N-dealkylation sites (tertiary alicyclic amines) is 1. The number of piperidine rings is 1. The molecule has 1 rings (SSSR count). The molecule has 82 valence electrons. The maximum atomic E-state index is 11.5. The van der Waals surface area contributed by atoms with Crippen molar-refractivity contribution < 1.29 is 9.53 Å². The molecule has 0 aliphatic carbocycles. The zero-order valence-electron chi connectivity index (χ0n) is 9.45. The van der Waals surface area contributed by atoms with Gasteiger partial charge in [-0.3, -0.25) is 9.69 Å². The van der Waals surface area contributed by atoms with Crippen molar-refractivity contribution in [3.8, 4) is 0 Å². The predicted octanol–water partition coefficient (Wildman–Crippen LogP) is 1.81. The van der Waals surface area contributed by atoms with Crippen molar-refractivity contribution >= 4 is 5.97 Å².